The van der Waals surface area contributed by atoms with E-state index in [1.54, 1.807) is 0 Å². The summed E-state index contributed by atoms with van der Waals surface area (Å²) in [4.78, 5) is 12.1. The van der Waals surface area contributed by atoms with Gasteiger partial charge < -0.3 is 15.8 Å². The van der Waals surface area contributed by atoms with Crippen molar-refractivity contribution in [3.05, 3.63) is 0 Å². The third-order valence-corrected chi connectivity index (χ3v) is 3.31. The number of carbonyl (C=O) groups excluding carboxylic acids is 1. The number of ether oxygens (including phenoxy) is 1. The van der Waals surface area contributed by atoms with Crippen LogP contribution < -0.4 is 11.1 Å². The smallest absolute Gasteiger partial charge is 0.227 e. The highest BCUT2D eigenvalue weighted by Gasteiger charge is 2.38. The van der Waals surface area contributed by atoms with Crippen LogP contribution in [0.2, 0.25) is 0 Å². The molecule has 0 aromatic heterocycles. The Morgan fingerprint density at radius 3 is 2.60 bits per heavy atom. The van der Waals surface area contributed by atoms with Crippen molar-refractivity contribution in [1.29, 1.82) is 0 Å². The minimum Gasteiger partial charge on any atom is -0.381 e. The number of hydrogen-bond donors (Lipinski definition) is 2. The van der Waals surface area contributed by atoms with E-state index in [0.717, 1.165) is 19.3 Å². The lowest BCUT2D eigenvalue weighted by molar-refractivity contribution is -0.136. The third kappa shape index (κ3) is 2.92. The van der Waals surface area contributed by atoms with Gasteiger partial charge in [0.25, 0.3) is 0 Å². The second-order valence-electron chi connectivity index (χ2n) is 4.38. The predicted octanol–water partition coefficient (Wildman–Crippen LogP) is 0.657. The van der Waals surface area contributed by atoms with Gasteiger partial charge in [0.2, 0.25) is 5.91 Å². The zero-order valence-corrected chi connectivity index (χ0v) is 9.71. The minimum absolute atomic E-state index is 0.0997. The van der Waals surface area contributed by atoms with Crippen molar-refractivity contribution in [1.82, 2.24) is 5.32 Å². The van der Waals surface area contributed by atoms with Gasteiger partial charge in [0, 0.05) is 25.8 Å². The number of rotatable bonds is 4. The molecule has 1 atom stereocenters. The molecule has 0 bridgehead atoms. The van der Waals surface area contributed by atoms with Crippen molar-refractivity contribution in [2.45, 2.75) is 39.2 Å². The molecule has 0 aromatic rings. The van der Waals surface area contributed by atoms with Crippen LogP contribution in [0.25, 0.3) is 0 Å². The van der Waals surface area contributed by atoms with Crippen LogP contribution >= 0.6 is 0 Å². The van der Waals surface area contributed by atoms with Gasteiger partial charge in [-0.3, -0.25) is 4.79 Å². The first-order valence-corrected chi connectivity index (χ1v) is 5.73. The van der Waals surface area contributed by atoms with Crippen LogP contribution in [0.5, 0.6) is 0 Å². The van der Waals surface area contributed by atoms with Gasteiger partial charge in [-0.25, -0.2) is 0 Å². The molecular formula is C11H22N2O2. The first-order valence-electron chi connectivity index (χ1n) is 5.73. The molecule has 1 saturated heterocycles. The van der Waals surface area contributed by atoms with E-state index in [9.17, 15) is 4.79 Å². The fraction of sp³-hybridized carbons (Fsp3) is 0.909. The molecule has 3 N–H and O–H groups in total. The molecule has 1 aliphatic rings. The van der Waals surface area contributed by atoms with E-state index in [4.69, 9.17) is 10.5 Å². The second-order valence-corrected chi connectivity index (χ2v) is 4.38. The summed E-state index contributed by atoms with van der Waals surface area (Å²) in [5, 5.41) is 3.02. The molecule has 0 saturated carbocycles. The molecular weight excluding hydrogens is 192 g/mol. The minimum atomic E-state index is -0.387. The molecule has 1 amide bonds. The van der Waals surface area contributed by atoms with Crippen molar-refractivity contribution >= 4 is 5.91 Å². The normalized spacial score (nSPS) is 22.1. The van der Waals surface area contributed by atoms with Gasteiger partial charge in [0.15, 0.2) is 0 Å². The van der Waals surface area contributed by atoms with Crippen molar-refractivity contribution in [3.63, 3.8) is 0 Å². The summed E-state index contributed by atoms with van der Waals surface area (Å²) in [6, 6.07) is 0.226. The van der Waals surface area contributed by atoms with E-state index in [1.165, 1.54) is 0 Å². The van der Waals surface area contributed by atoms with Gasteiger partial charge in [-0.05, 0) is 26.2 Å². The molecule has 1 fully saturated rings. The summed E-state index contributed by atoms with van der Waals surface area (Å²) in [6.45, 7) is 5.78. The van der Waals surface area contributed by atoms with E-state index in [2.05, 4.69) is 12.2 Å². The predicted molar refractivity (Wildman–Crippen MR) is 59.4 cm³/mol. The van der Waals surface area contributed by atoms with E-state index >= 15 is 0 Å². The highest BCUT2D eigenvalue weighted by atomic mass is 16.5. The lowest BCUT2D eigenvalue weighted by Crippen LogP contribution is -2.51. The molecule has 1 rings (SSSR count). The van der Waals surface area contributed by atoms with E-state index in [0.29, 0.717) is 19.8 Å². The summed E-state index contributed by atoms with van der Waals surface area (Å²) in [7, 11) is 0. The fourth-order valence-corrected chi connectivity index (χ4v) is 1.76. The highest BCUT2D eigenvalue weighted by Crippen LogP contribution is 2.29. The second kappa shape index (κ2) is 5.47. The quantitative estimate of drug-likeness (QED) is 0.722. The Kier molecular flexibility index (Phi) is 4.54. The monoisotopic (exact) mass is 214 g/mol. The van der Waals surface area contributed by atoms with Gasteiger partial charge >= 0.3 is 0 Å². The molecule has 1 unspecified atom stereocenters. The number of hydrogen-bond acceptors (Lipinski definition) is 3. The molecule has 15 heavy (non-hydrogen) atoms. The highest BCUT2D eigenvalue weighted by molar-refractivity contribution is 5.83. The van der Waals surface area contributed by atoms with Crippen LogP contribution in [0.4, 0.5) is 0 Å². The molecule has 0 aliphatic carbocycles. The largest absolute Gasteiger partial charge is 0.381 e. The zero-order chi connectivity index (χ0) is 11.3. The standard InChI is InChI=1S/C11H22N2O2/c1-3-9(2)13-10(14)11(8-12)4-6-15-7-5-11/h9H,3-8,12H2,1-2H3,(H,13,14). The Labute approximate surface area is 91.5 Å². The molecule has 0 aromatic carbocycles. The van der Waals surface area contributed by atoms with Gasteiger partial charge in [0.1, 0.15) is 0 Å². The first kappa shape index (κ1) is 12.5. The van der Waals surface area contributed by atoms with Gasteiger partial charge in [-0.15, -0.1) is 0 Å². The Morgan fingerprint density at radius 2 is 2.13 bits per heavy atom. The van der Waals surface area contributed by atoms with Crippen molar-refractivity contribution in [2.75, 3.05) is 19.8 Å². The van der Waals surface area contributed by atoms with Crippen molar-refractivity contribution < 1.29 is 9.53 Å². The summed E-state index contributed by atoms with van der Waals surface area (Å²) in [5.74, 6) is 0.0997. The zero-order valence-electron chi connectivity index (χ0n) is 9.71. The molecule has 0 spiro atoms. The van der Waals surface area contributed by atoms with Gasteiger partial charge in [0.05, 0.1) is 5.41 Å². The summed E-state index contributed by atoms with van der Waals surface area (Å²) >= 11 is 0. The molecule has 1 heterocycles. The lowest BCUT2D eigenvalue weighted by Gasteiger charge is -2.35. The first-order chi connectivity index (χ1) is 7.14. The number of nitrogens with two attached hydrogens (primary N) is 1. The van der Waals surface area contributed by atoms with Crippen LogP contribution in [0.3, 0.4) is 0 Å². The number of nitrogens with one attached hydrogen (secondary N) is 1. The summed E-state index contributed by atoms with van der Waals surface area (Å²) in [6.07, 6.45) is 2.43. The fourth-order valence-electron chi connectivity index (χ4n) is 1.76. The number of carbonyl (C=O) groups is 1. The summed E-state index contributed by atoms with van der Waals surface area (Å²) in [5.41, 5.74) is 5.35. The van der Waals surface area contributed by atoms with Crippen LogP contribution in [0, 0.1) is 5.41 Å². The van der Waals surface area contributed by atoms with Gasteiger partial charge in [-0.2, -0.15) is 0 Å². The van der Waals surface area contributed by atoms with Crippen LogP contribution in [0.15, 0.2) is 0 Å². The van der Waals surface area contributed by atoms with E-state index < -0.39 is 0 Å². The molecule has 1 aliphatic heterocycles. The Hall–Kier alpha value is -0.610. The van der Waals surface area contributed by atoms with E-state index in [-0.39, 0.29) is 17.4 Å². The Bertz CT molecular complexity index is 213. The third-order valence-electron chi connectivity index (χ3n) is 3.31. The van der Waals surface area contributed by atoms with Crippen LogP contribution in [0.1, 0.15) is 33.1 Å². The average molecular weight is 214 g/mol. The maximum Gasteiger partial charge on any atom is 0.227 e. The van der Waals surface area contributed by atoms with Crippen molar-refractivity contribution in [2.24, 2.45) is 11.1 Å². The molecule has 88 valence electrons. The Balaban J connectivity index is 2.59. The molecule has 4 nitrogen and oxygen atoms in total. The van der Waals surface area contributed by atoms with E-state index in [1.807, 2.05) is 6.92 Å². The van der Waals surface area contributed by atoms with Crippen molar-refractivity contribution in [3.8, 4) is 0 Å². The Morgan fingerprint density at radius 1 is 1.53 bits per heavy atom. The average Bonchev–Trinajstić information content (AvgIpc) is 2.29. The molecule has 0 radical (unpaired) electrons. The molecule has 4 heteroatoms. The van der Waals surface area contributed by atoms with Gasteiger partial charge in [-0.1, -0.05) is 6.92 Å². The van der Waals surface area contributed by atoms with Crippen LogP contribution in [-0.2, 0) is 9.53 Å². The maximum atomic E-state index is 12.1. The topological polar surface area (TPSA) is 64.4 Å². The SMILES string of the molecule is CCC(C)NC(=O)C1(CN)CCOCC1. The number of amides is 1. The lowest BCUT2D eigenvalue weighted by atomic mass is 9.79. The maximum absolute atomic E-state index is 12.1. The summed E-state index contributed by atoms with van der Waals surface area (Å²) < 4.78 is 5.27. The van der Waals surface area contributed by atoms with Crippen LogP contribution in [-0.4, -0.2) is 31.7 Å².